The predicted molar refractivity (Wildman–Crippen MR) is 73.6 cm³/mol. The molecule has 0 saturated carbocycles. The monoisotopic (exact) mass is 310 g/mol. The maximum absolute atomic E-state index is 13.5. The molecule has 0 heterocycles. The number of halogens is 2. The largest absolute Gasteiger partial charge is 0.399 e. The van der Waals surface area contributed by atoms with Gasteiger partial charge in [-0.2, -0.15) is 11.8 Å². The van der Waals surface area contributed by atoms with Gasteiger partial charge in [-0.25, -0.2) is 21.9 Å². The van der Waals surface area contributed by atoms with Crippen LogP contribution in [0, 0.1) is 11.6 Å². The standard InChI is InChI=1S/C11H16F2N2O2S2/c1-18-5-3-2-4-15-19(16,17)11-9(12)6-8(14)7-10(11)13/h6-7,15H,2-5,14H2,1H3. The molecule has 0 bridgehead atoms. The zero-order valence-corrected chi connectivity index (χ0v) is 12.1. The third-order valence-corrected chi connectivity index (χ3v) is 4.57. The fourth-order valence-electron chi connectivity index (χ4n) is 1.49. The van der Waals surface area contributed by atoms with Gasteiger partial charge in [0.25, 0.3) is 0 Å². The average molecular weight is 310 g/mol. The number of sulfonamides is 1. The van der Waals surface area contributed by atoms with Crippen molar-refractivity contribution in [3.05, 3.63) is 23.8 Å². The Bertz CT molecular complexity index is 512. The molecule has 3 N–H and O–H groups in total. The van der Waals surface area contributed by atoms with Crippen molar-refractivity contribution in [3.8, 4) is 0 Å². The highest BCUT2D eigenvalue weighted by Crippen LogP contribution is 2.21. The lowest BCUT2D eigenvalue weighted by Gasteiger charge is -2.09. The molecule has 0 aliphatic rings. The van der Waals surface area contributed by atoms with E-state index < -0.39 is 26.6 Å². The van der Waals surface area contributed by atoms with Crippen molar-refractivity contribution in [1.82, 2.24) is 4.72 Å². The van der Waals surface area contributed by atoms with E-state index in [0.29, 0.717) is 6.42 Å². The quantitative estimate of drug-likeness (QED) is 0.596. The van der Waals surface area contributed by atoms with Gasteiger partial charge in [-0.3, -0.25) is 0 Å². The number of anilines is 1. The van der Waals surface area contributed by atoms with Crippen LogP contribution < -0.4 is 10.5 Å². The van der Waals surface area contributed by atoms with E-state index in [4.69, 9.17) is 5.73 Å². The molecule has 0 aromatic heterocycles. The summed E-state index contributed by atoms with van der Waals surface area (Å²) in [5.41, 5.74) is 5.07. The molecule has 0 unspecified atom stereocenters. The highest BCUT2D eigenvalue weighted by Gasteiger charge is 2.24. The van der Waals surface area contributed by atoms with Crippen LogP contribution in [0.25, 0.3) is 0 Å². The number of nitrogens with two attached hydrogens (primary N) is 1. The summed E-state index contributed by atoms with van der Waals surface area (Å²) in [4.78, 5) is -0.980. The molecular weight excluding hydrogens is 294 g/mol. The van der Waals surface area contributed by atoms with E-state index in [2.05, 4.69) is 4.72 Å². The van der Waals surface area contributed by atoms with Crippen LogP contribution in [0.3, 0.4) is 0 Å². The van der Waals surface area contributed by atoms with E-state index in [1.165, 1.54) is 0 Å². The molecule has 0 saturated heterocycles. The minimum absolute atomic E-state index is 0.145. The molecule has 1 aromatic rings. The Kier molecular flexibility index (Phi) is 6.02. The Morgan fingerprint density at radius 1 is 1.26 bits per heavy atom. The zero-order chi connectivity index (χ0) is 14.5. The van der Waals surface area contributed by atoms with E-state index in [1.807, 2.05) is 6.26 Å². The van der Waals surface area contributed by atoms with Gasteiger partial charge >= 0.3 is 0 Å². The molecule has 0 aliphatic carbocycles. The van der Waals surface area contributed by atoms with Crippen molar-refractivity contribution >= 4 is 27.5 Å². The Balaban J connectivity index is 2.78. The molecule has 0 radical (unpaired) electrons. The van der Waals surface area contributed by atoms with Crippen molar-refractivity contribution in [2.75, 3.05) is 24.3 Å². The number of hydrogen-bond acceptors (Lipinski definition) is 4. The molecule has 8 heteroatoms. The number of thioether (sulfide) groups is 1. The number of rotatable bonds is 7. The molecule has 4 nitrogen and oxygen atoms in total. The molecule has 0 fully saturated rings. The van der Waals surface area contributed by atoms with E-state index in [0.717, 1.165) is 24.3 Å². The number of nitrogen functional groups attached to an aromatic ring is 1. The average Bonchev–Trinajstić information content (AvgIpc) is 2.26. The van der Waals surface area contributed by atoms with Crippen LogP contribution >= 0.6 is 11.8 Å². The lowest BCUT2D eigenvalue weighted by Crippen LogP contribution is -2.26. The fourth-order valence-corrected chi connectivity index (χ4v) is 3.17. The summed E-state index contributed by atoms with van der Waals surface area (Å²) in [6, 6.07) is 1.57. The van der Waals surface area contributed by atoms with Crippen molar-refractivity contribution in [3.63, 3.8) is 0 Å². The molecule has 19 heavy (non-hydrogen) atoms. The number of hydrogen-bond donors (Lipinski definition) is 2. The van der Waals surface area contributed by atoms with Gasteiger partial charge in [-0.15, -0.1) is 0 Å². The van der Waals surface area contributed by atoms with Crippen molar-refractivity contribution < 1.29 is 17.2 Å². The molecule has 108 valence electrons. The predicted octanol–water partition coefficient (Wildman–Crippen LogP) is 1.97. The van der Waals surface area contributed by atoms with Crippen LogP contribution in [0.1, 0.15) is 12.8 Å². The second kappa shape index (κ2) is 7.06. The Morgan fingerprint density at radius 2 is 1.84 bits per heavy atom. The van der Waals surface area contributed by atoms with Crippen LogP contribution in [0.2, 0.25) is 0 Å². The number of benzene rings is 1. The summed E-state index contributed by atoms with van der Waals surface area (Å²) in [5.74, 6) is -1.46. The molecular formula is C11H16F2N2O2S2. The lowest BCUT2D eigenvalue weighted by atomic mass is 10.3. The van der Waals surface area contributed by atoms with Crippen LogP contribution in [0.5, 0.6) is 0 Å². The zero-order valence-electron chi connectivity index (χ0n) is 10.4. The maximum atomic E-state index is 13.5. The normalized spacial score (nSPS) is 11.7. The molecule has 1 aromatic carbocycles. The molecule has 1 rings (SSSR count). The van der Waals surface area contributed by atoms with Crippen molar-refractivity contribution in [2.45, 2.75) is 17.7 Å². The first-order valence-electron chi connectivity index (χ1n) is 5.61. The minimum atomic E-state index is -4.19. The maximum Gasteiger partial charge on any atom is 0.246 e. The molecule has 0 amide bonds. The second-order valence-corrected chi connectivity index (χ2v) is 6.60. The SMILES string of the molecule is CSCCCCNS(=O)(=O)c1c(F)cc(N)cc1F. The van der Waals surface area contributed by atoms with E-state index in [1.54, 1.807) is 11.8 Å². The first-order chi connectivity index (χ1) is 8.88. The van der Waals surface area contributed by atoms with Crippen molar-refractivity contribution in [2.24, 2.45) is 0 Å². The van der Waals surface area contributed by atoms with E-state index in [9.17, 15) is 17.2 Å². The van der Waals surface area contributed by atoms with E-state index in [-0.39, 0.29) is 12.2 Å². The molecule has 0 aliphatic heterocycles. The topological polar surface area (TPSA) is 72.2 Å². The molecule has 0 atom stereocenters. The molecule has 0 spiro atoms. The Hall–Kier alpha value is -0.860. The van der Waals surface area contributed by atoms with Crippen molar-refractivity contribution in [1.29, 1.82) is 0 Å². The minimum Gasteiger partial charge on any atom is -0.399 e. The highest BCUT2D eigenvalue weighted by molar-refractivity contribution is 7.98. The van der Waals surface area contributed by atoms with Crippen LogP contribution in [-0.4, -0.2) is 27.0 Å². The van der Waals surface area contributed by atoms with Gasteiger partial charge in [0, 0.05) is 12.2 Å². The Morgan fingerprint density at radius 3 is 2.37 bits per heavy atom. The summed E-state index contributed by atoms with van der Waals surface area (Å²) in [5, 5.41) is 0. The number of nitrogens with one attached hydrogen (secondary N) is 1. The van der Waals surface area contributed by atoms with Gasteiger partial charge in [-0.1, -0.05) is 0 Å². The third-order valence-electron chi connectivity index (χ3n) is 2.36. The van der Waals surface area contributed by atoms with Crippen LogP contribution in [0.15, 0.2) is 17.0 Å². The Labute approximate surface area is 115 Å². The van der Waals surface area contributed by atoms with Crippen LogP contribution in [0.4, 0.5) is 14.5 Å². The number of unbranched alkanes of at least 4 members (excludes halogenated alkanes) is 1. The smallest absolute Gasteiger partial charge is 0.246 e. The summed E-state index contributed by atoms with van der Waals surface area (Å²) in [7, 11) is -4.19. The van der Waals surface area contributed by atoms with Gasteiger partial charge in [0.05, 0.1) is 0 Å². The van der Waals surface area contributed by atoms with Crippen LogP contribution in [-0.2, 0) is 10.0 Å². The summed E-state index contributed by atoms with van der Waals surface area (Å²) in [6.45, 7) is 0.145. The van der Waals surface area contributed by atoms with Gasteiger partial charge in [-0.05, 0) is 37.0 Å². The van der Waals surface area contributed by atoms with Gasteiger partial charge in [0.1, 0.15) is 11.6 Å². The van der Waals surface area contributed by atoms with Gasteiger partial charge in [0.15, 0.2) is 4.90 Å². The van der Waals surface area contributed by atoms with Gasteiger partial charge in [0.2, 0.25) is 10.0 Å². The summed E-state index contributed by atoms with van der Waals surface area (Å²) >= 11 is 1.65. The van der Waals surface area contributed by atoms with Gasteiger partial charge < -0.3 is 5.73 Å². The third kappa shape index (κ3) is 4.63. The lowest BCUT2D eigenvalue weighted by molar-refractivity contribution is 0.514. The second-order valence-electron chi connectivity index (χ2n) is 3.91. The first kappa shape index (κ1) is 16.2. The highest BCUT2D eigenvalue weighted by atomic mass is 32.2. The van der Waals surface area contributed by atoms with E-state index >= 15 is 0 Å². The summed E-state index contributed by atoms with van der Waals surface area (Å²) in [6.07, 6.45) is 3.39. The first-order valence-corrected chi connectivity index (χ1v) is 8.49. The fraction of sp³-hybridized carbons (Fsp3) is 0.455. The summed E-state index contributed by atoms with van der Waals surface area (Å²) < 4.78 is 52.7.